The van der Waals surface area contributed by atoms with Crippen molar-refractivity contribution in [3.63, 3.8) is 0 Å². The van der Waals surface area contributed by atoms with E-state index in [-0.39, 0.29) is 17.4 Å². The van der Waals surface area contributed by atoms with Crippen molar-refractivity contribution in [2.24, 2.45) is 11.3 Å². The van der Waals surface area contributed by atoms with Crippen molar-refractivity contribution < 1.29 is 15.3 Å². The first-order valence-electron chi connectivity index (χ1n) is 6.77. The normalized spacial score (nSPS) is 39.0. The summed E-state index contributed by atoms with van der Waals surface area (Å²) < 4.78 is 0. The molecule has 102 valence electrons. The van der Waals surface area contributed by atoms with E-state index in [0.29, 0.717) is 6.42 Å². The van der Waals surface area contributed by atoms with Gasteiger partial charge in [-0.25, -0.2) is 0 Å². The molecule has 0 aromatic carbocycles. The standard InChI is InChI=1S/C14H28O3/c1-5-10(15)6-7-12-13(2,3)8-11(16)9-14(12,4)17/h10-12,15-17H,5-9H2,1-4H3. The fraction of sp³-hybridized carbons (Fsp3) is 1.00. The molecule has 1 aliphatic carbocycles. The van der Waals surface area contributed by atoms with E-state index in [1.807, 2.05) is 13.8 Å². The van der Waals surface area contributed by atoms with Crippen LogP contribution in [-0.4, -0.2) is 33.1 Å². The zero-order valence-corrected chi connectivity index (χ0v) is 11.6. The second-order valence-corrected chi connectivity index (χ2v) is 6.60. The van der Waals surface area contributed by atoms with E-state index >= 15 is 0 Å². The van der Waals surface area contributed by atoms with Crippen molar-refractivity contribution in [2.45, 2.75) is 77.6 Å². The Kier molecular flexibility index (Phi) is 4.61. The van der Waals surface area contributed by atoms with Crippen LogP contribution < -0.4 is 0 Å². The van der Waals surface area contributed by atoms with Gasteiger partial charge in [0.25, 0.3) is 0 Å². The van der Waals surface area contributed by atoms with E-state index in [1.165, 1.54) is 0 Å². The summed E-state index contributed by atoms with van der Waals surface area (Å²) in [4.78, 5) is 0. The Hall–Kier alpha value is -0.120. The second kappa shape index (κ2) is 5.25. The van der Waals surface area contributed by atoms with Gasteiger partial charge in [0.15, 0.2) is 0 Å². The van der Waals surface area contributed by atoms with Gasteiger partial charge < -0.3 is 15.3 Å². The Labute approximate surface area is 105 Å². The number of hydrogen-bond donors (Lipinski definition) is 3. The Morgan fingerprint density at radius 2 is 1.82 bits per heavy atom. The predicted molar refractivity (Wildman–Crippen MR) is 68.7 cm³/mol. The fourth-order valence-corrected chi connectivity index (χ4v) is 3.55. The first-order valence-corrected chi connectivity index (χ1v) is 6.77. The minimum atomic E-state index is -0.825. The lowest BCUT2D eigenvalue weighted by atomic mass is 9.59. The molecule has 1 fully saturated rings. The summed E-state index contributed by atoms with van der Waals surface area (Å²) in [7, 11) is 0. The largest absolute Gasteiger partial charge is 0.393 e. The highest BCUT2D eigenvalue weighted by molar-refractivity contribution is 4.99. The monoisotopic (exact) mass is 244 g/mol. The minimum Gasteiger partial charge on any atom is -0.393 e. The summed E-state index contributed by atoms with van der Waals surface area (Å²) in [5.74, 6) is 0.139. The lowest BCUT2D eigenvalue weighted by Gasteiger charge is -2.50. The molecule has 0 amide bonds. The maximum atomic E-state index is 10.5. The van der Waals surface area contributed by atoms with Crippen LogP contribution in [0.3, 0.4) is 0 Å². The van der Waals surface area contributed by atoms with Crippen molar-refractivity contribution >= 4 is 0 Å². The Balaban J connectivity index is 2.71. The van der Waals surface area contributed by atoms with Crippen LogP contribution in [0, 0.1) is 11.3 Å². The van der Waals surface area contributed by atoms with Gasteiger partial charge in [-0.2, -0.15) is 0 Å². The molecule has 0 aromatic rings. The highest BCUT2D eigenvalue weighted by atomic mass is 16.3. The van der Waals surface area contributed by atoms with Gasteiger partial charge in [-0.15, -0.1) is 0 Å². The first kappa shape index (κ1) is 14.9. The highest BCUT2D eigenvalue weighted by Gasteiger charge is 2.48. The van der Waals surface area contributed by atoms with Gasteiger partial charge >= 0.3 is 0 Å². The predicted octanol–water partition coefficient (Wildman–Crippen LogP) is 2.09. The number of aliphatic hydroxyl groups excluding tert-OH is 2. The summed E-state index contributed by atoms with van der Waals surface area (Å²) >= 11 is 0. The van der Waals surface area contributed by atoms with Crippen LogP contribution in [0.1, 0.15) is 59.8 Å². The van der Waals surface area contributed by atoms with Gasteiger partial charge in [0.1, 0.15) is 0 Å². The SMILES string of the molecule is CCC(O)CCC1C(C)(C)CC(O)CC1(C)O. The van der Waals surface area contributed by atoms with E-state index in [9.17, 15) is 15.3 Å². The van der Waals surface area contributed by atoms with E-state index in [0.717, 1.165) is 25.7 Å². The van der Waals surface area contributed by atoms with Gasteiger partial charge in [-0.3, -0.25) is 0 Å². The molecule has 4 atom stereocenters. The molecule has 17 heavy (non-hydrogen) atoms. The quantitative estimate of drug-likeness (QED) is 0.709. The molecule has 0 spiro atoms. The van der Waals surface area contributed by atoms with Gasteiger partial charge in [-0.05, 0) is 43.9 Å². The fourth-order valence-electron chi connectivity index (χ4n) is 3.55. The molecular weight excluding hydrogens is 216 g/mol. The zero-order chi connectivity index (χ0) is 13.3. The third kappa shape index (κ3) is 3.67. The number of rotatable bonds is 4. The first-order chi connectivity index (χ1) is 7.69. The van der Waals surface area contributed by atoms with Crippen LogP contribution in [0.2, 0.25) is 0 Å². The molecule has 0 bridgehead atoms. The molecular formula is C14H28O3. The molecule has 0 aromatic heterocycles. The van der Waals surface area contributed by atoms with Gasteiger partial charge in [-0.1, -0.05) is 20.8 Å². The van der Waals surface area contributed by atoms with Crippen LogP contribution in [0.5, 0.6) is 0 Å². The van der Waals surface area contributed by atoms with Gasteiger partial charge in [0.05, 0.1) is 17.8 Å². The molecule has 4 unspecified atom stereocenters. The smallest absolute Gasteiger partial charge is 0.0677 e. The zero-order valence-electron chi connectivity index (χ0n) is 11.6. The van der Waals surface area contributed by atoms with E-state index in [1.54, 1.807) is 0 Å². The Morgan fingerprint density at radius 3 is 2.29 bits per heavy atom. The van der Waals surface area contributed by atoms with Gasteiger partial charge in [0.2, 0.25) is 0 Å². The average molecular weight is 244 g/mol. The molecule has 0 radical (unpaired) electrons. The summed E-state index contributed by atoms with van der Waals surface area (Å²) in [6.45, 7) is 8.00. The van der Waals surface area contributed by atoms with Crippen LogP contribution in [-0.2, 0) is 0 Å². The minimum absolute atomic E-state index is 0.0748. The van der Waals surface area contributed by atoms with Crippen molar-refractivity contribution in [1.82, 2.24) is 0 Å². The van der Waals surface area contributed by atoms with E-state index < -0.39 is 11.7 Å². The lowest BCUT2D eigenvalue weighted by Crippen LogP contribution is -2.51. The Bertz CT molecular complexity index is 230. The average Bonchev–Trinajstić information content (AvgIpc) is 2.12. The van der Waals surface area contributed by atoms with E-state index in [4.69, 9.17) is 0 Å². The summed E-state index contributed by atoms with van der Waals surface area (Å²) in [6, 6.07) is 0. The molecule has 3 heteroatoms. The molecule has 0 aliphatic heterocycles. The molecule has 1 aliphatic rings. The third-order valence-electron chi connectivity index (χ3n) is 4.36. The molecule has 0 heterocycles. The van der Waals surface area contributed by atoms with Crippen molar-refractivity contribution in [2.75, 3.05) is 0 Å². The summed E-state index contributed by atoms with van der Waals surface area (Å²) in [5, 5.41) is 29.9. The van der Waals surface area contributed by atoms with Crippen molar-refractivity contribution in [3.05, 3.63) is 0 Å². The van der Waals surface area contributed by atoms with E-state index in [2.05, 4.69) is 13.8 Å². The molecule has 0 saturated heterocycles. The number of aliphatic hydroxyl groups is 3. The second-order valence-electron chi connectivity index (χ2n) is 6.60. The molecule has 1 rings (SSSR count). The summed E-state index contributed by atoms with van der Waals surface area (Å²) in [5.41, 5.74) is -0.900. The molecule has 3 nitrogen and oxygen atoms in total. The van der Waals surface area contributed by atoms with Crippen LogP contribution in [0.4, 0.5) is 0 Å². The lowest BCUT2D eigenvalue weighted by molar-refractivity contribution is -0.134. The number of hydrogen-bond acceptors (Lipinski definition) is 3. The maximum Gasteiger partial charge on any atom is 0.0677 e. The van der Waals surface area contributed by atoms with Crippen LogP contribution in [0.15, 0.2) is 0 Å². The van der Waals surface area contributed by atoms with Gasteiger partial charge in [0, 0.05) is 6.42 Å². The summed E-state index contributed by atoms with van der Waals surface area (Å²) in [6.07, 6.45) is 2.82. The molecule has 3 N–H and O–H groups in total. The van der Waals surface area contributed by atoms with Crippen molar-refractivity contribution in [1.29, 1.82) is 0 Å². The van der Waals surface area contributed by atoms with Crippen LogP contribution in [0.25, 0.3) is 0 Å². The van der Waals surface area contributed by atoms with Crippen LogP contribution >= 0.6 is 0 Å². The molecule has 1 saturated carbocycles. The third-order valence-corrected chi connectivity index (χ3v) is 4.36. The Morgan fingerprint density at radius 1 is 1.24 bits per heavy atom. The highest BCUT2D eigenvalue weighted by Crippen LogP contribution is 2.48. The topological polar surface area (TPSA) is 60.7 Å². The maximum absolute atomic E-state index is 10.5. The van der Waals surface area contributed by atoms with Crippen molar-refractivity contribution in [3.8, 4) is 0 Å².